The number of hydrogen-bond acceptors (Lipinski definition) is 11. The van der Waals surface area contributed by atoms with E-state index in [0.29, 0.717) is 12.8 Å². The van der Waals surface area contributed by atoms with Crippen LogP contribution in [0.2, 0.25) is 0 Å². The van der Waals surface area contributed by atoms with Crippen LogP contribution in [-0.4, -0.2) is 119 Å². The van der Waals surface area contributed by atoms with E-state index in [1.54, 1.807) is 41.5 Å². The Morgan fingerprint density at radius 3 is 1.47 bits per heavy atom. The van der Waals surface area contributed by atoms with Crippen molar-refractivity contribution in [3.05, 3.63) is 0 Å². The highest BCUT2D eigenvalue weighted by Gasteiger charge is 2.35. The Balaban J connectivity index is 5.99. The van der Waals surface area contributed by atoms with Gasteiger partial charge in [0, 0.05) is 0 Å². The Bertz CT molecular complexity index is 1340. The first-order chi connectivity index (χ1) is 25.6. The van der Waals surface area contributed by atoms with Gasteiger partial charge in [0.15, 0.2) is 0 Å². The fourth-order valence-corrected chi connectivity index (χ4v) is 5.22. The summed E-state index contributed by atoms with van der Waals surface area (Å²) in [7, 11) is 0. The molecule has 0 fully saturated rings. The molecule has 8 atom stereocenters. The van der Waals surface area contributed by atoms with Gasteiger partial charge in [0.05, 0.1) is 26.1 Å². The Morgan fingerprint density at radius 2 is 1.02 bits per heavy atom. The molecule has 0 radical (unpaired) electrons. The van der Waals surface area contributed by atoms with Crippen molar-refractivity contribution < 1.29 is 53.4 Å². The lowest BCUT2D eigenvalue weighted by Gasteiger charge is -2.29. The Labute approximate surface area is 322 Å². The Morgan fingerprint density at radius 1 is 0.564 bits per heavy atom. The van der Waals surface area contributed by atoms with Crippen LogP contribution in [0.3, 0.4) is 0 Å². The summed E-state index contributed by atoms with van der Waals surface area (Å²) in [6.07, 6.45) is 0.404. The second kappa shape index (κ2) is 25.3. The molecule has 0 aliphatic carbocycles. The number of primary amides is 1. The molecule has 314 valence electrons. The molecule has 0 unspecified atom stereocenters. The maximum absolute atomic E-state index is 13.5. The lowest BCUT2D eigenvalue weighted by Crippen LogP contribution is -2.61. The molecule has 0 aliphatic rings. The van der Waals surface area contributed by atoms with E-state index in [0.717, 1.165) is 0 Å². The Hall–Kier alpha value is -4.85. The van der Waals surface area contributed by atoms with Crippen molar-refractivity contribution in [1.82, 2.24) is 37.2 Å². The summed E-state index contributed by atoms with van der Waals surface area (Å²) in [4.78, 5) is 114. The average molecular weight is 786 g/mol. The monoisotopic (exact) mass is 785 g/mol. The number of carboxylic acid groups (broad SMARTS) is 1. The zero-order chi connectivity index (χ0) is 42.6. The van der Waals surface area contributed by atoms with Crippen LogP contribution in [-0.2, 0) is 43.2 Å². The summed E-state index contributed by atoms with van der Waals surface area (Å²) >= 11 is 0. The third-order valence-corrected chi connectivity index (χ3v) is 8.75. The summed E-state index contributed by atoms with van der Waals surface area (Å²) < 4.78 is 0. The van der Waals surface area contributed by atoms with Gasteiger partial charge in [-0.15, -0.1) is 0 Å². The molecule has 0 saturated heterocycles. The first-order valence-electron chi connectivity index (χ1n) is 18.5. The third-order valence-electron chi connectivity index (χ3n) is 8.75. The largest absolute Gasteiger partial charge is 0.480 e. The molecule has 0 saturated carbocycles. The molecule has 0 spiro atoms. The van der Waals surface area contributed by atoms with Gasteiger partial charge in [0.25, 0.3) is 0 Å². The van der Waals surface area contributed by atoms with Crippen LogP contribution < -0.4 is 48.7 Å². The van der Waals surface area contributed by atoms with Gasteiger partial charge in [-0.25, -0.2) is 4.79 Å². The topological polar surface area (TPSA) is 330 Å². The molecule has 0 rings (SSSR count). The molecule has 8 amide bonds. The summed E-state index contributed by atoms with van der Waals surface area (Å²) in [5.74, 6) is -9.18. The zero-order valence-electron chi connectivity index (χ0n) is 33.2. The normalized spacial score (nSPS) is 15.5. The minimum Gasteiger partial charge on any atom is -0.480 e. The smallest absolute Gasteiger partial charge is 0.326 e. The first-order valence-corrected chi connectivity index (χ1v) is 18.5. The number of nitrogens with one attached hydrogen (secondary N) is 7. The fraction of sp³-hybridized carbons (Fsp3) is 0.743. The van der Waals surface area contributed by atoms with Gasteiger partial charge in [-0.05, 0) is 36.5 Å². The van der Waals surface area contributed by atoms with Crippen molar-refractivity contribution in [3.63, 3.8) is 0 Å². The van der Waals surface area contributed by atoms with Crippen molar-refractivity contribution in [2.75, 3.05) is 19.7 Å². The standard InChI is InChI=1S/C35H63N9O11/c1-9-19(7)28(44-32(51)22(12-18(5)6)39-26(47)14-36)34(53)42-24(16-45)33(52)41-23(13-25(37)46)31(50)40-21(11-17(3)4)30(49)38-15-27(48)43-29(35(54)55)20(8)10-2/h17-24,28-29,45H,9-16,36H2,1-8H3,(H2,37,46)(H,38,49)(H,39,47)(H,40,50)(H,41,52)(H,42,53)(H,43,48)(H,44,51)(H,54,55)/t19-,20+,21+,22+,23+,24+,28+,29+/m1/s1. The molecule has 0 bridgehead atoms. The van der Waals surface area contributed by atoms with Gasteiger partial charge in [-0.2, -0.15) is 0 Å². The number of amides is 8. The van der Waals surface area contributed by atoms with E-state index in [1.165, 1.54) is 0 Å². The molecule has 0 aliphatic heterocycles. The molecule has 0 aromatic carbocycles. The van der Waals surface area contributed by atoms with E-state index >= 15 is 0 Å². The van der Waals surface area contributed by atoms with Gasteiger partial charge in [0.2, 0.25) is 47.3 Å². The van der Waals surface area contributed by atoms with Crippen LogP contribution in [0, 0.1) is 23.7 Å². The van der Waals surface area contributed by atoms with Crippen molar-refractivity contribution in [1.29, 1.82) is 0 Å². The molecule has 0 aromatic rings. The molecule has 0 heterocycles. The van der Waals surface area contributed by atoms with Crippen molar-refractivity contribution in [2.24, 2.45) is 35.1 Å². The van der Waals surface area contributed by atoms with E-state index < -0.39 is 121 Å². The van der Waals surface area contributed by atoms with Crippen LogP contribution >= 0.6 is 0 Å². The number of carbonyl (C=O) groups excluding carboxylic acids is 8. The number of carbonyl (C=O) groups is 9. The SMILES string of the molecule is CC[C@@H](C)[C@H](NC(=O)[C@H](CC(C)C)NC(=O)CN)C(=O)N[C@@H](CO)C(=O)N[C@@H](CC(N)=O)C(=O)N[C@@H](CC(C)C)C(=O)NCC(=O)N[C@H](C(=O)O)[C@@H](C)CC. The zero-order valence-corrected chi connectivity index (χ0v) is 33.2. The van der Waals surface area contributed by atoms with E-state index in [2.05, 4.69) is 37.2 Å². The van der Waals surface area contributed by atoms with Crippen LogP contribution in [0.5, 0.6) is 0 Å². The van der Waals surface area contributed by atoms with Crippen LogP contribution in [0.1, 0.15) is 87.5 Å². The van der Waals surface area contributed by atoms with Crippen molar-refractivity contribution >= 4 is 53.2 Å². The number of aliphatic carboxylic acids is 1. The summed E-state index contributed by atoms with van der Waals surface area (Å²) in [5, 5.41) is 36.4. The first kappa shape index (κ1) is 50.1. The fourth-order valence-electron chi connectivity index (χ4n) is 5.22. The van der Waals surface area contributed by atoms with E-state index in [4.69, 9.17) is 11.5 Å². The number of hydrogen-bond donors (Lipinski definition) is 11. The van der Waals surface area contributed by atoms with Gasteiger partial charge >= 0.3 is 5.97 Å². The third kappa shape index (κ3) is 18.8. The predicted molar refractivity (Wildman–Crippen MR) is 200 cm³/mol. The predicted octanol–water partition coefficient (Wildman–Crippen LogP) is -2.89. The van der Waals surface area contributed by atoms with Crippen molar-refractivity contribution in [3.8, 4) is 0 Å². The summed E-state index contributed by atoms with van der Waals surface area (Å²) in [6.45, 7) is 12.0. The molecule has 20 nitrogen and oxygen atoms in total. The molecule has 55 heavy (non-hydrogen) atoms. The van der Waals surface area contributed by atoms with Crippen LogP contribution in [0.4, 0.5) is 0 Å². The number of aliphatic hydroxyl groups excluding tert-OH is 1. The second-order valence-corrected chi connectivity index (χ2v) is 14.5. The maximum Gasteiger partial charge on any atom is 0.326 e. The van der Waals surface area contributed by atoms with E-state index in [-0.39, 0.29) is 31.2 Å². The highest BCUT2D eigenvalue weighted by atomic mass is 16.4. The minimum absolute atomic E-state index is 0.0212. The number of nitrogens with two attached hydrogens (primary N) is 2. The summed E-state index contributed by atoms with van der Waals surface area (Å²) in [6, 6.07) is -8.07. The maximum atomic E-state index is 13.5. The highest BCUT2D eigenvalue weighted by Crippen LogP contribution is 2.12. The number of aliphatic hydroxyl groups is 1. The average Bonchev–Trinajstić information content (AvgIpc) is 3.11. The molecule has 0 aromatic heterocycles. The van der Waals surface area contributed by atoms with Crippen LogP contribution in [0.25, 0.3) is 0 Å². The van der Waals surface area contributed by atoms with E-state index in [1.807, 2.05) is 13.8 Å². The highest BCUT2D eigenvalue weighted by molar-refractivity contribution is 5.98. The second-order valence-electron chi connectivity index (χ2n) is 14.5. The Kier molecular flexibility index (Phi) is 23.0. The van der Waals surface area contributed by atoms with Crippen LogP contribution in [0.15, 0.2) is 0 Å². The number of carboxylic acids is 1. The number of rotatable bonds is 26. The van der Waals surface area contributed by atoms with E-state index in [9.17, 15) is 53.4 Å². The van der Waals surface area contributed by atoms with Gasteiger partial charge in [0.1, 0.15) is 36.3 Å². The molecular weight excluding hydrogens is 722 g/mol. The lowest BCUT2D eigenvalue weighted by atomic mass is 9.96. The lowest BCUT2D eigenvalue weighted by molar-refractivity contribution is -0.143. The van der Waals surface area contributed by atoms with Gasteiger partial charge < -0.3 is 58.9 Å². The summed E-state index contributed by atoms with van der Waals surface area (Å²) in [5.41, 5.74) is 10.7. The van der Waals surface area contributed by atoms with Gasteiger partial charge in [-0.3, -0.25) is 38.4 Å². The molecule has 20 heteroatoms. The minimum atomic E-state index is -1.68. The van der Waals surface area contributed by atoms with Gasteiger partial charge in [-0.1, -0.05) is 68.2 Å². The molecule has 13 N–H and O–H groups in total. The molecular formula is C35H63N9O11. The van der Waals surface area contributed by atoms with Crippen molar-refractivity contribution in [2.45, 2.75) is 124 Å². The quantitative estimate of drug-likeness (QED) is 0.0421.